The fourth-order valence-corrected chi connectivity index (χ4v) is 2.67. The Labute approximate surface area is 136 Å². The summed E-state index contributed by atoms with van der Waals surface area (Å²) in [6.07, 6.45) is 2.08. The Bertz CT molecular complexity index is 715. The zero-order chi connectivity index (χ0) is 17.0. The van der Waals surface area contributed by atoms with Crippen LogP contribution in [0.1, 0.15) is 40.5 Å². The standard InChI is InChI=1S/C14H21BN2O5S/c1-13(2)14(3,4)22-15(21-13)12-10(20-9-5-6-9)7-8-11(17-12)23(16,18)19/h7-9H,5-6H2,1-4H3,(H2,16,18,19). The Kier molecular flexibility index (Phi) is 3.75. The number of nitrogens with zero attached hydrogens (tertiary/aromatic N) is 1. The van der Waals surface area contributed by atoms with Crippen molar-refractivity contribution in [3.05, 3.63) is 12.1 Å². The van der Waals surface area contributed by atoms with Crippen LogP contribution in [0, 0.1) is 0 Å². The van der Waals surface area contributed by atoms with Crippen LogP contribution in [0.2, 0.25) is 0 Å². The highest BCUT2D eigenvalue weighted by Gasteiger charge is 2.53. The third-order valence-corrected chi connectivity index (χ3v) is 5.26. The number of ether oxygens (including phenoxy) is 1. The first-order valence-electron chi connectivity index (χ1n) is 7.56. The predicted molar refractivity (Wildman–Crippen MR) is 85.0 cm³/mol. The maximum Gasteiger partial charge on any atom is 0.518 e. The molecule has 126 valence electrons. The number of sulfonamides is 1. The molecule has 2 fully saturated rings. The lowest BCUT2D eigenvalue weighted by atomic mass is 9.83. The third kappa shape index (κ3) is 3.23. The van der Waals surface area contributed by atoms with E-state index in [1.165, 1.54) is 6.07 Å². The van der Waals surface area contributed by atoms with Gasteiger partial charge in [-0.2, -0.15) is 0 Å². The van der Waals surface area contributed by atoms with Crippen molar-refractivity contribution in [2.24, 2.45) is 5.14 Å². The van der Waals surface area contributed by atoms with Crippen LogP contribution in [-0.4, -0.2) is 37.8 Å². The average molecular weight is 340 g/mol. The Morgan fingerprint density at radius 3 is 2.26 bits per heavy atom. The summed E-state index contributed by atoms with van der Waals surface area (Å²) in [6, 6.07) is 2.90. The summed E-state index contributed by atoms with van der Waals surface area (Å²) in [6.45, 7) is 7.66. The van der Waals surface area contributed by atoms with Crippen molar-refractivity contribution in [3.8, 4) is 5.75 Å². The number of rotatable bonds is 4. The number of primary sulfonamides is 1. The Balaban J connectivity index is 2.01. The summed E-state index contributed by atoms with van der Waals surface area (Å²) < 4.78 is 40.9. The van der Waals surface area contributed by atoms with Gasteiger partial charge in [-0.3, -0.25) is 0 Å². The van der Waals surface area contributed by atoms with Gasteiger partial charge in [-0.1, -0.05) is 0 Å². The number of pyridine rings is 1. The largest absolute Gasteiger partial charge is 0.518 e. The molecule has 1 saturated carbocycles. The quantitative estimate of drug-likeness (QED) is 0.804. The van der Waals surface area contributed by atoms with Gasteiger partial charge in [-0.15, -0.1) is 0 Å². The van der Waals surface area contributed by atoms with Crippen LogP contribution >= 0.6 is 0 Å². The van der Waals surface area contributed by atoms with Crippen molar-refractivity contribution in [2.45, 2.75) is 62.9 Å². The molecule has 3 rings (SSSR count). The van der Waals surface area contributed by atoms with Crippen LogP contribution in [0.25, 0.3) is 0 Å². The molecular formula is C14H21BN2O5S. The first-order valence-corrected chi connectivity index (χ1v) is 9.10. The van der Waals surface area contributed by atoms with Gasteiger partial charge in [0.2, 0.25) is 0 Å². The van der Waals surface area contributed by atoms with E-state index >= 15 is 0 Å². The van der Waals surface area contributed by atoms with Crippen molar-refractivity contribution in [1.29, 1.82) is 0 Å². The van der Waals surface area contributed by atoms with Crippen LogP contribution < -0.4 is 15.5 Å². The molecule has 1 aromatic rings. The SMILES string of the molecule is CC1(C)OB(c2nc(S(N)(=O)=O)ccc2OC2CC2)OC1(C)C. The van der Waals surface area contributed by atoms with Gasteiger partial charge in [0, 0.05) is 0 Å². The molecule has 23 heavy (non-hydrogen) atoms. The summed E-state index contributed by atoms with van der Waals surface area (Å²) in [5.41, 5.74) is -0.816. The maximum atomic E-state index is 11.6. The molecule has 0 aromatic carbocycles. The highest BCUT2D eigenvalue weighted by molar-refractivity contribution is 7.89. The highest BCUT2D eigenvalue weighted by atomic mass is 32.2. The van der Waals surface area contributed by atoms with Gasteiger partial charge >= 0.3 is 7.12 Å². The Morgan fingerprint density at radius 1 is 1.22 bits per heavy atom. The van der Waals surface area contributed by atoms with E-state index < -0.39 is 28.3 Å². The van der Waals surface area contributed by atoms with Gasteiger partial charge in [0.05, 0.1) is 17.3 Å². The van der Waals surface area contributed by atoms with E-state index in [0.717, 1.165) is 12.8 Å². The molecule has 2 heterocycles. The Hall–Kier alpha value is -1.16. The van der Waals surface area contributed by atoms with Crippen molar-refractivity contribution in [1.82, 2.24) is 4.98 Å². The second kappa shape index (κ2) is 5.17. The molecular weight excluding hydrogens is 319 g/mol. The van der Waals surface area contributed by atoms with Crippen molar-refractivity contribution in [2.75, 3.05) is 0 Å². The molecule has 7 nitrogen and oxygen atoms in total. The average Bonchev–Trinajstić information content (AvgIpc) is 3.16. The van der Waals surface area contributed by atoms with E-state index in [1.54, 1.807) is 6.07 Å². The van der Waals surface area contributed by atoms with Gasteiger partial charge in [0.25, 0.3) is 10.0 Å². The number of nitrogens with two attached hydrogens (primary N) is 1. The number of hydrogen-bond acceptors (Lipinski definition) is 6. The number of aromatic nitrogens is 1. The summed E-state index contributed by atoms with van der Waals surface area (Å²) in [4.78, 5) is 4.15. The van der Waals surface area contributed by atoms with Crippen LogP contribution in [0.4, 0.5) is 0 Å². The molecule has 0 amide bonds. The van der Waals surface area contributed by atoms with E-state index in [1.807, 2.05) is 27.7 Å². The predicted octanol–water partition coefficient (Wildman–Crippen LogP) is 0.569. The monoisotopic (exact) mass is 340 g/mol. The molecule has 9 heteroatoms. The Morgan fingerprint density at radius 2 is 1.78 bits per heavy atom. The topological polar surface area (TPSA) is 101 Å². The summed E-state index contributed by atoms with van der Waals surface area (Å²) in [5, 5.41) is 4.95. The zero-order valence-corrected chi connectivity index (χ0v) is 14.5. The molecule has 2 aliphatic rings. The first-order chi connectivity index (χ1) is 10.5. The van der Waals surface area contributed by atoms with E-state index in [2.05, 4.69) is 4.98 Å². The van der Waals surface area contributed by atoms with Crippen molar-refractivity contribution >= 4 is 22.7 Å². The fraction of sp³-hybridized carbons (Fsp3) is 0.643. The summed E-state index contributed by atoms with van der Waals surface area (Å²) >= 11 is 0. The van der Waals surface area contributed by atoms with Crippen LogP contribution in [0.3, 0.4) is 0 Å². The van der Waals surface area contributed by atoms with Crippen LogP contribution in [0.15, 0.2) is 17.2 Å². The van der Waals surface area contributed by atoms with Gasteiger partial charge in [-0.25, -0.2) is 18.5 Å². The normalized spacial score (nSPS) is 23.1. The van der Waals surface area contributed by atoms with Gasteiger partial charge in [-0.05, 0) is 52.7 Å². The summed E-state index contributed by atoms with van der Waals surface area (Å²) in [7, 11) is -4.73. The molecule has 1 aromatic heterocycles. The second-order valence-electron chi connectivity index (χ2n) is 6.98. The first kappa shape index (κ1) is 16.7. The molecule has 0 atom stereocenters. The lowest BCUT2D eigenvalue weighted by Gasteiger charge is -2.32. The minimum atomic E-state index is -3.92. The maximum absolute atomic E-state index is 11.6. The molecule has 2 N–H and O–H groups in total. The van der Waals surface area contributed by atoms with Gasteiger partial charge in [0.1, 0.15) is 11.3 Å². The minimum Gasteiger partial charge on any atom is -0.489 e. The lowest BCUT2D eigenvalue weighted by molar-refractivity contribution is 0.00578. The van der Waals surface area contributed by atoms with Crippen molar-refractivity contribution in [3.63, 3.8) is 0 Å². The molecule has 1 aliphatic carbocycles. The van der Waals surface area contributed by atoms with E-state index in [4.69, 9.17) is 19.2 Å². The van der Waals surface area contributed by atoms with E-state index in [0.29, 0.717) is 11.3 Å². The van der Waals surface area contributed by atoms with Gasteiger partial charge < -0.3 is 14.0 Å². The minimum absolute atomic E-state index is 0.137. The van der Waals surface area contributed by atoms with Gasteiger partial charge in [0.15, 0.2) is 5.03 Å². The van der Waals surface area contributed by atoms with E-state index in [-0.39, 0.29) is 11.1 Å². The third-order valence-electron chi connectivity index (χ3n) is 4.45. The zero-order valence-electron chi connectivity index (χ0n) is 13.7. The molecule has 1 aliphatic heterocycles. The fourth-order valence-electron chi connectivity index (χ4n) is 2.19. The van der Waals surface area contributed by atoms with Crippen LogP contribution in [0.5, 0.6) is 5.75 Å². The summed E-state index contributed by atoms with van der Waals surface area (Å²) in [5.74, 6) is 0.471. The highest BCUT2D eigenvalue weighted by Crippen LogP contribution is 2.37. The molecule has 0 bridgehead atoms. The second-order valence-corrected chi connectivity index (χ2v) is 8.49. The molecule has 1 saturated heterocycles. The van der Waals surface area contributed by atoms with Crippen molar-refractivity contribution < 1.29 is 22.5 Å². The molecule has 0 unspecified atom stereocenters. The molecule has 0 spiro atoms. The smallest absolute Gasteiger partial charge is 0.489 e. The van der Waals surface area contributed by atoms with E-state index in [9.17, 15) is 8.42 Å². The lowest BCUT2D eigenvalue weighted by Crippen LogP contribution is -2.41. The number of hydrogen-bond donors (Lipinski definition) is 1. The van der Waals surface area contributed by atoms with Crippen LogP contribution in [-0.2, 0) is 19.3 Å². The molecule has 0 radical (unpaired) electrons.